The summed E-state index contributed by atoms with van der Waals surface area (Å²) >= 11 is 0. The molecule has 0 aromatic heterocycles. The van der Waals surface area contributed by atoms with Crippen LogP contribution in [0.1, 0.15) is 41.6 Å². The van der Waals surface area contributed by atoms with E-state index in [-0.39, 0.29) is 18.6 Å². The number of aldehydes is 1. The number of aromatic hydroxyl groups is 1. The van der Waals surface area contributed by atoms with E-state index in [0.717, 1.165) is 19.1 Å². The molecular weight excluding hydrogens is 326 g/mol. The van der Waals surface area contributed by atoms with Crippen LogP contribution in [-0.4, -0.2) is 55.5 Å². The summed E-state index contributed by atoms with van der Waals surface area (Å²) < 4.78 is 9.53. The van der Waals surface area contributed by atoms with Crippen LogP contribution in [0, 0.1) is 0 Å². The SMILES string of the molecule is COC(=O)CCC(C(=O)OC)N(C)C1(c2cc(O)ccc2C=O)CC1. The molecule has 7 heteroatoms. The van der Waals surface area contributed by atoms with Gasteiger partial charge in [-0.3, -0.25) is 19.3 Å². The van der Waals surface area contributed by atoms with Crippen molar-refractivity contribution in [2.75, 3.05) is 21.3 Å². The number of carbonyl (C=O) groups is 3. The van der Waals surface area contributed by atoms with Crippen molar-refractivity contribution in [3.63, 3.8) is 0 Å². The van der Waals surface area contributed by atoms with E-state index < -0.39 is 23.5 Å². The number of likely N-dealkylation sites (N-methyl/N-ethyl adjacent to an activating group) is 1. The Hall–Kier alpha value is -2.41. The van der Waals surface area contributed by atoms with Crippen molar-refractivity contribution in [3.8, 4) is 5.75 Å². The lowest BCUT2D eigenvalue weighted by molar-refractivity contribution is -0.149. The molecule has 0 spiro atoms. The van der Waals surface area contributed by atoms with E-state index in [0.29, 0.717) is 11.1 Å². The smallest absolute Gasteiger partial charge is 0.323 e. The largest absolute Gasteiger partial charge is 0.508 e. The second kappa shape index (κ2) is 7.65. The number of rotatable bonds is 8. The highest BCUT2D eigenvalue weighted by Crippen LogP contribution is 2.53. The van der Waals surface area contributed by atoms with Crippen LogP contribution in [0.3, 0.4) is 0 Å². The fourth-order valence-corrected chi connectivity index (χ4v) is 3.24. The normalized spacial score (nSPS) is 16.2. The maximum atomic E-state index is 12.2. The molecule has 0 amide bonds. The van der Waals surface area contributed by atoms with E-state index in [1.165, 1.54) is 20.3 Å². The highest BCUT2D eigenvalue weighted by atomic mass is 16.5. The van der Waals surface area contributed by atoms with E-state index in [1.54, 1.807) is 19.2 Å². The minimum Gasteiger partial charge on any atom is -0.508 e. The maximum absolute atomic E-state index is 12.2. The molecule has 0 radical (unpaired) electrons. The molecule has 7 nitrogen and oxygen atoms in total. The molecule has 1 aromatic rings. The lowest BCUT2D eigenvalue weighted by Crippen LogP contribution is -2.46. The van der Waals surface area contributed by atoms with Crippen molar-refractivity contribution >= 4 is 18.2 Å². The van der Waals surface area contributed by atoms with Gasteiger partial charge in [0.2, 0.25) is 0 Å². The van der Waals surface area contributed by atoms with Crippen molar-refractivity contribution in [2.24, 2.45) is 0 Å². The van der Waals surface area contributed by atoms with Gasteiger partial charge in [-0.2, -0.15) is 0 Å². The lowest BCUT2D eigenvalue weighted by Gasteiger charge is -2.34. The Labute approximate surface area is 146 Å². The van der Waals surface area contributed by atoms with Gasteiger partial charge >= 0.3 is 11.9 Å². The third kappa shape index (κ3) is 3.82. The van der Waals surface area contributed by atoms with Crippen LogP contribution in [0.15, 0.2) is 18.2 Å². The van der Waals surface area contributed by atoms with E-state index in [4.69, 9.17) is 4.74 Å². The number of nitrogens with zero attached hydrogens (tertiary/aromatic N) is 1. The van der Waals surface area contributed by atoms with Gasteiger partial charge in [-0.25, -0.2) is 0 Å². The molecular formula is C18H23NO6. The number of phenolic OH excluding ortho intramolecular Hbond substituents is 1. The number of methoxy groups -OCH3 is 2. The number of phenols is 1. The van der Waals surface area contributed by atoms with Gasteiger partial charge in [0.25, 0.3) is 0 Å². The number of esters is 2. The second-order valence-corrected chi connectivity index (χ2v) is 6.19. The Morgan fingerprint density at radius 3 is 2.52 bits per heavy atom. The quantitative estimate of drug-likeness (QED) is 0.563. The van der Waals surface area contributed by atoms with Crippen LogP contribution < -0.4 is 0 Å². The summed E-state index contributed by atoms with van der Waals surface area (Å²) in [6.07, 6.45) is 2.54. The maximum Gasteiger partial charge on any atom is 0.323 e. The first-order valence-electron chi connectivity index (χ1n) is 8.06. The molecule has 1 aromatic carbocycles. The van der Waals surface area contributed by atoms with Gasteiger partial charge in [-0.05, 0) is 50.1 Å². The van der Waals surface area contributed by atoms with Gasteiger partial charge < -0.3 is 14.6 Å². The predicted octanol–water partition coefficient (Wildman–Crippen LogP) is 1.62. The average Bonchev–Trinajstić information content (AvgIpc) is 3.42. The zero-order valence-electron chi connectivity index (χ0n) is 14.7. The molecule has 1 saturated carbocycles. The Bertz CT molecular complexity index is 668. The fourth-order valence-electron chi connectivity index (χ4n) is 3.24. The predicted molar refractivity (Wildman–Crippen MR) is 89.2 cm³/mol. The van der Waals surface area contributed by atoms with E-state index in [1.807, 2.05) is 4.90 Å². The number of benzene rings is 1. The molecule has 1 N–H and O–H groups in total. The first-order valence-corrected chi connectivity index (χ1v) is 8.06. The summed E-state index contributed by atoms with van der Waals surface area (Å²) in [4.78, 5) is 36.9. The zero-order valence-corrected chi connectivity index (χ0v) is 14.7. The second-order valence-electron chi connectivity index (χ2n) is 6.19. The van der Waals surface area contributed by atoms with Crippen molar-refractivity contribution < 1.29 is 29.0 Å². The number of ether oxygens (including phenoxy) is 2. The van der Waals surface area contributed by atoms with E-state index >= 15 is 0 Å². The number of hydrogen-bond acceptors (Lipinski definition) is 7. The molecule has 1 fully saturated rings. The minimum absolute atomic E-state index is 0.0597. The summed E-state index contributed by atoms with van der Waals surface area (Å²) in [5.74, 6) is -0.798. The van der Waals surface area contributed by atoms with Crippen LogP contribution in [0.5, 0.6) is 5.75 Å². The summed E-state index contributed by atoms with van der Waals surface area (Å²) in [6.45, 7) is 0. The molecule has 1 unspecified atom stereocenters. The van der Waals surface area contributed by atoms with Crippen molar-refractivity contribution in [1.82, 2.24) is 4.90 Å². The molecule has 2 rings (SSSR count). The van der Waals surface area contributed by atoms with Crippen LogP contribution in [0.2, 0.25) is 0 Å². The van der Waals surface area contributed by atoms with E-state index in [9.17, 15) is 19.5 Å². The third-order valence-electron chi connectivity index (χ3n) is 4.85. The van der Waals surface area contributed by atoms with Crippen molar-refractivity contribution in [2.45, 2.75) is 37.3 Å². The molecule has 0 bridgehead atoms. The average molecular weight is 349 g/mol. The van der Waals surface area contributed by atoms with Crippen molar-refractivity contribution in [3.05, 3.63) is 29.3 Å². The molecule has 1 aliphatic rings. The molecule has 0 aliphatic heterocycles. The van der Waals surface area contributed by atoms with Gasteiger partial charge in [-0.15, -0.1) is 0 Å². The van der Waals surface area contributed by atoms with Gasteiger partial charge in [0.1, 0.15) is 18.1 Å². The monoisotopic (exact) mass is 349 g/mol. The van der Waals surface area contributed by atoms with Gasteiger partial charge in [0, 0.05) is 17.5 Å². The molecule has 0 saturated heterocycles. The standard InChI is InChI=1S/C18H23NO6/c1-19(15(17(23)25-3)6-7-16(22)24-2)18(8-9-18)14-10-13(21)5-4-12(14)11-20/h4-5,10-11,15,21H,6-9H2,1-3H3. The Balaban J connectivity index is 2.32. The molecule has 136 valence electrons. The Morgan fingerprint density at radius 2 is 2.00 bits per heavy atom. The topological polar surface area (TPSA) is 93.1 Å². The molecule has 25 heavy (non-hydrogen) atoms. The highest BCUT2D eigenvalue weighted by molar-refractivity contribution is 5.80. The van der Waals surface area contributed by atoms with Crippen LogP contribution in [-0.2, 0) is 24.6 Å². The number of carbonyl (C=O) groups excluding carboxylic acids is 3. The van der Waals surface area contributed by atoms with Crippen LogP contribution in [0.4, 0.5) is 0 Å². The van der Waals surface area contributed by atoms with Crippen molar-refractivity contribution in [1.29, 1.82) is 0 Å². The van der Waals surface area contributed by atoms with E-state index in [2.05, 4.69) is 4.74 Å². The molecule has 0 heterocycles. The number of hydrogen-bond donors (Lipinski definition) is 1. The molecule has 1 atom stereocenters. The minimum atomic E-state index is -0.659. The third-order valence-corrected chi connectivity index (χ3v) is 4.85. The van der Waals surface area contributed by atoms with Gasteiger partial charge in [0.15, 0.2) is 0 Å². The summed E-state index contributed by atoms with van der Waals surface area (Å²) in [7, 11) is 4.36. The summed E-state index contributed by atoms with van der Waals surface area (Å²) in [5, 5.41) is 9.82. The first-order chi connectivity index (χ1) is 11.9. The first kappa shape index (κ1) is 18.9. The summed E-state index contributed by atoms with van der Waals surface area (Å²) in [5.41, 5.74) is 0.611. The fraction of sp³-hybridized carbons (Fsp3) is 0.500. The Morgan fingerprint density at radius 1 is 1.32 bits per heavy atom. The zero-order chi connectivity index (χ0) is 18.6. The molecule has 1 aliphatic carbocycles. The summed E-state index contributed by atoms with van der Waals surface area (Å²) in [6, 6.07) is 3.92. The Kier molecular flexibility index (Phi) is 5.79. The lowest BCUT2D eigenvalue weighted by atomic mass is 9.95. The van der Waals surface area contributed by atoms with Gasteiger partial charge in [0.05, 0.1) is 14.2 Å². The van der Waals surface area contributed by atoms with Crippen LogP contribution >= 0.6 is 0 Å². The van der Waals surface area contributed by atoms with Crippen LogP contribution in [0.25, 0.3) is 0 Å². The van der Waals surface area contributed by atoms with Gasteiger partial charge in [-0.1, -0.05) is 0 Å². The highest BCUT2D eigenvalue weighted by Gasteiger charge is 2.52.